The van der Waals surface area contributed by atoms with Crippen LogP contribution >= 0.6 is 0 Å². The second-order valence-corrected chi connectivity index (χ2v) is 6.38. The number of likely N-dealkylation sites (tertiary alicyclic amines) is 1. The molecule has 0 unspecified atom stereocenters. The first-order valence-electron chi connectivity index (χ1n) is 7.56. The lowest BCUT2D eigenvalue weighted by Crippen LogP contribution is -2.44. The average molecular weight is 274 g/mol. The fourth-order valence-electron chi connectivity index (χ4n) is 2.78. The molecule has 3 heteroatoms. The van der Waals surface area contributed by atoms with E-state index < -0.39 is 0 Å². The van der Waals surface area contributed by atoms with Crippen molar-refractivity contribution >= 4 is 5.91 Å². The molecule has 2 N–H and O–H groups in total. The predicted molar refractivity (Wildman–Crippen MR) is 82.5 cm³/mol. The molecular weight excluding hydrogens is 248 g/mol. The van der Waals surface area contributed by atoms with E-state index in [1.165, 1.54) is 11.1 Å². The summed E-state index contributed by atoms with van der Waals surface area (Å²) in [5.74, 6) is 0.283. The van der Waals surface area contributed by atoms with E-state index in [1.54, 1.807) is 0 Å². The summed E-state index contributed by atoms with van der Waals surface area (Å²) in [4.78, 5) is 14.3. The van der Waals surface area contributed by atoms with Crippen molar-refractivity contribution in [3.05, 3.63) is 35.4 Å². The minimum absolute atomic E-state index is 0.229. The Kier molecular flexibility index (Phi) is 4.81. The molecule has 110 valence electrons. The molecule has 0 bridgehead atoms. The van der Waals surface area contributed by atoms with Crippen molar-refractivity contribution in [1.82, 2.24) is 4.90 Å². The number of benzene rings is 1. The number of carbonyl (C=O) groups excluding carboxylic acids is 1. The van der Waals surface area contributed by atoms with Gasteiger partial charge in [-0.1, -0.05) is 36.8 Å². The van der Waals surface area contributed by atoms with Crippen molar-refractivity contribution in [3.63, 3.8) is 0 Å². The molecular formula is C17H26N2O. The molecule has 0 atom stereocenters. The first-order chi connectivity index (χ1) is 9.52. The molecule has 0 saturated carbocycles. The molecule has 1 amide bonds. The Morgan fingerprint density at radius 2 is 2.05 bits per heavy atom. The Labute approximate surface area is 122 Å². The van der Waals surface area contributed by atoms with Gasteiger partial charge in [0.05, 0.1) is 0 Å². The second kappa shape index (κ2) is 6.40. The van der Waals surface area contributed by atoms with Gasteiger partial charge in [-0.15, -0.1) is 0 Å². The minimum Gasteiger partial charge on any atom is -0.343 e. The molecule has 1 heterocycles. The van der Waals surface area contributed by atoms with Crippen LogP contribution in [0, 0.1) is 12.3 Å². The van der Waals surface area contributed by atoms with Gasteiger partial charge in [0, 0.05) is 19.5 Å². The molecule has 1 fully saturated rings. The van der Waals surface area contributed by atoms with Crippen LogP contribution in [0.1, 0.15) is 37.3 Å². The number of nitrogens with two attached hydrogens (primary N) is 1. The smallest absolute Gasteiger partial charge is 0.222 e. The highest BCUT2D eigenvalue weighted by Crippen LogP contribution is 2.29. The van der Waals surface area contributed by atoms with Crippen LogP contribution in [0.5, 0.6) is 0 Å². The lowest BCUT2D eigenvalue weighted by atomic mass is 9.80. The van der Waals surface area contributed by atoms with E-state index in [-0.39, 0.29) is 11.3 Å². The van der Waals surface area contributed by atoms with Crippen molar-refractivity contribution in [3.8, 4) is 0 Å². The van der Waals surface area contributed by atoms with E-state index in [9.17, 15) is 4.79 Å². The van der Waals surface area contributed by atoms with E-state index >= 15 is 0 Å². The number of piperidine rings is 1. The zero-order valence-corrected chi connectivity index (χ0v) is 12.7. The Hall–Kier alpha value is -1.35. The maximum absolute atomic E-state index is 12.3. The lowest BCUT2D eigenvalue weighted by molar-refractivity contribution is -0.133. The van der Waals surface area contributed by atoms with Crippen LogP contribution in [0.3, 0.4) is 0 Å². The Bertz CT molecular complexity index is 462. The summed E-state index contributed by atoms with van der Waals surface area (Å²) in [7, 11) is 0. The highest BCUT2D eigenvalue weighted by Gasteiger charge is 2.30. The molecule has 20 heavy (non-hydrogen) atoms. The maximum Gasteiger partial charge on any atom is 0.222 e. The SMILES string of the molecule is Cc1cccc(CCC(=O)N2CCC(C)(CN)CC2)c1. The highest BCUT2D eigenvalue weighted by atomic mass is 16.2. The Morgan fingerprint density at radius 3 is 2.65 bits per heavy atom. The first kappa shape index (κ1) is 15.0. The monoisotopic (exact) mass is 274 g/mol. The van der Waals surface area contributed by atoms with E-state index in [0.717, 1.165) is 38.9 Å². The van der Waals surface area contributed by atoms with Gasteiger partial charge in [-0.2, -0.15) is 0 Å². The van der Waals surface area contributed by atoms with Gasteiger partial charge in [0.2, 0.25) is 5.91 Å². The predicted octanol–water partition coefficient (Wildman–Crippen LogP) is 2.52. The molecule has 0 radical (unpaired) electrons. The number of amides is 1. The molecule has 1 aliphatic heterocycles. The zero-order valence-electron chi connectivity index (χ0n) is 12.7. The molecule has 1 aromatic rings. The largest absolute Gasteiger partial charge is 0.343 e. The fourth-order valence-corrected chi connectivity index (χ4v) is 2.78. The maximum atomic E-state index is 12.3. The van der Waals surface area contributed by atoms with Crippen LogP contribution in [-0.4, -0.2) is 30.4 Å². The third-order valence-electron chi connectivity index (χ3n) is 4.53. The number of hydrogen-bond donors (Lipinski definition) is 1. The number of aryl methyl sites for hydroxylation is 2. The van der Waals surface area contributed by atoms with Crippen molar-refractivity contribution in [2.45, 2.75) is 39.5 Å². The second-order valence-electron chi connectivity index (χ2n) is 6.38. The third kappa shape index (κ3) is 3.83. The summed E-state index contributed by atoms with van der Waals surface area (Å²) in [5, 5.41) is 0. The number of nitrogens with zero attached hydrogens (tertiary/aromatic N) is 1. The molecule has 0 spiro atoms. The molecule has 2 rings (SSSR count). The van der Waals surface area contributed by atoms with Gasteiger partial charge in [0.1, 0.15) is 0 Å². The standard InChI is InChI=1S/C17H26N2O/c1-14-4-3-5-15(12-14)6-7-16(20)19-10-8-17(2,13-18)9-11-19/h3-5,12H,6-11,13,18H2,1-2H3. The van der Waals surface area contributed by atoms with Crippen molar-refractivity contribution in [2.24, 2.45) is 11.1 Å². The summed E-state index contributed by atoms with van der Waals surface area (Å²) in [6, 6.07) is 8.41. The van der Waals surface area contributed by atoms with Crippen LogP contribution in [0.25, 0.3) is 0 Å². The topological polar surface area (TPSA) is 46.3 Å². The average Bonchev–Trinajstić information content (AvgIpc) is 2.46. The summed E-state index contributed by atoms with van der Waals surface area (Å²) >= 11 is 0. The van der Waals surface area contributed by atoms with Gasteiger partial charge in [-0.05, 0) is 43.7 Å². The molecule has 1 aliphatic rings. The van der Waals surface area contributed by atoms with Gasteiger partial charge in [0.15, 0.2) is 0 Å². The summed E-state index contributed by atoms with van der Waals surface area (Å²) in [6.45, 7) is 6.75. The quantitative estimate of drug-likeness (QED) is 0.917. The first-order valence-corrected chi connectivity index (χ1v) is 7.56. The van der Waals surface area contributed by atoms with Crippen LogP contribution in [-0.2, 0) is 11.2 Å². The third-order valence-corrected chi connectivity index (χ3v) is 4.53. The van der Waals surface area contributed by atoms with E-state index in [0.29, 0.717) is 6.42 Å². The lowest BCUT2D eigenvalue weighted by Gasteiger charge is -2.38. The van der Waals surface area contributed by atoms with Crippen molar-refractivity contribution in [1.29, 1.82) is 0 Å². The van der Waals surface area contributed by atoms with Gasteiger partial charge >= 0.3 is 0 Å². The van der Waals surface area contributed by atoms with Crippen molar-refractivity contribution < 1.29 is 4.79 Å². The van der Waals surface area contributed by atoms with Crippen molar-refractivity contribution in [2.75, 3.05) is 19.6 Å². The minimum atomic E-state index is 0.229. The number of carbonyl (C=O) groups is 1. The molecule has 1 saturated heterocycles. The molecule has 0 aromatic heterocycles. The summed E-state index contributed by atoms with van der Waals surface area (Å²) in [5.41, 5.74) is 8.54. The normalized spacial score (nSPS) is 18.1. The van der Waals surface area contributed by atoms with E-state index in [1.807, 2.05) is 4.90 Å². The fraction of sp³-hybridized carbons (Fsp3) is 0.588. The van der Waals surface area contributed by atoms with Gasteiger partial charge in [-0.25, -0.2) is 0 Å². The van der Waals surface area contributed by atoms with Crippen LogP contribution < -0.4 is 5.73 Å². The Balaban J connectivity index is 1.81. The van der Waals surface area contributed by atoms with Crippen LogP contribution in [0.2, 0.25) is 0 Å². The summed E-state index contributed by atoms with van der Waals surface area (Å²) < 4.78 is 0. The summed E-state index contributed by atoms with van der Waals surface area (Å²) in [6.07, 6.45) is 3.51. The zero-order chi connectivity index (χ0) is 14.6. The van der Waals surface area contributed by atoms with Gasteiger partial charge in [-0.3, -0.25) is 4.79 Å². The van der Waals surface area contributed by atoms with Crippen LogP contribution in [0.15, 0.2) is 24.3 Å². The molecule has 0 aliphatic carbocycles. The van der Waals surface area contributed by atoms with Crippen LogP contribution in [0.4, 0.5) is 0 Å². The number of rotatable bonds is 4. The van der Waals surface area contributed by atoms with Gasteiger partial charge in [0.25, 0.3) is 0 Å². The molecule has 3 nitrogen and oxygen atoms in total. The number of hydrogen-bond acceptors (Lipinski definition) is 2. The van der Waals surface area contributed by atoms with E-state index in [2.05, 4.69) is 38.1 Å². The Morgan fingerprint density at radius 1 is 1.35 bits per heavy atom. The molecule has 1 aromatic carbocycles. The highest BCUT2D eigenvalue weighted by molar-refractivity contribution is 5.76. The van der Waals surface area contributed by atoms with E-state index in [4.69, 9.17) is 5.73 Å². The van der Waals surface area contributed by atoms with Gasteiger partial charge < -0.3 is 10.6 Å².